The topological polar surface area (TPSA) is 44.4 Å². The monoisotopic (exact) mass is 215 g/mol. The van der Waals surface area contributed by atoms with Gasteiger partial charge in [-0.05, 0) is 7.05 Å². The van der Waals surface area contributed by atoms with E-state index in [2.05, 4.69) is 22.6 Å². The van der Waals surface area contributed by atoms with Crippen LogP contribution in [0.1, 0.15) is 27.7 Å². The molecule has 4 nitrogen and oxygen atoms in total. The average Bonchev–Trinajstić information content (AvgIpc) is 2.63. The molecular weight excluding hydrogens is 190 g/mol. The minimum Gasteiger partial charge on any atom is -0.338 e. The molecule has 2 atom stereocenters. The Morgan fingerprint density at radius 3 is 2.40 bits per heavy atom. The van der Waals surface area contributed by atoms with Crippen LogP contribution in [0.25, 0.3) is 0 Å². The van der Waals surface area contributed by atoms with Gasteiger partial charge in [-0.2, -0.15) is 0 Å². The number of carbonyl (C=O) groups excluding carboxylic acids is 1. The van der Waals surface area contributed by atoms with Crippen molar-refractivity contribution in [1.29, 1.82) is 0 Å². The predicted molar refractivity (Wildman–Crippen MR) is 64.0 cm³/mol. The lowest BCUT2D eigenvalue weighted by Gasteiger charge is -2.25. The van der Waals surface area contributed by atoms with E-state index in [4.69, 9.17) is 0 Å². The summed E-state index contributed by atoms with van der Waals surface area (Å²) in [4.78, 5) is 13.1. The molecular formula is C11H25N3O. The highest BCUT2D eigenvalue weighted by atomic mass is 16.2. The van der Waals surface area contributed by atoms with Crippen molar-refractivity contribution in [3.63, 3.8) is 0 Å². The lowest BCUT2D eigenvalue weighted by molar-refractivity contribution is 0.223. The van der Waals surface area contributed by atoms with E-state index in [1.807, 2.05) is 27.7 Å². The van der Waals surface area contributed by atoms with Crippen molar-refractivity contribution in [1.82, 2.24) is 15.5 Å². The lowest BCUT2D eigenvalue weighted by atomic mass is 10.0. The summed E-state index contributed by atoms with van der Waals surface area (Å²) in [7, 11) is 2.09. The summed E-state index contributed by atoms with van der Waals surface area (Å²) in [6.45, 7) is 10.9. The SMILES string of the molecule is CC.CC.CN1CC2CNC(=O)NC2C1. The van der Waals surface area contributed by atoms with Crippen molar-refractivity contribution < 1.29 is 4.79 Å². The van der Waals surface area contributed by atoms with Crippen LogP contribution in [0.5, 0.6) is 0 Å². The molecule has 4 heteroatoms. The van der Waals surface area contributed by atoms with E-state index in [9.17, 15) is 4.79 Å². The van der Waals surface area contributed by atoms with Crippen molar-refractivity contribution in [2.75, 3.05) is 26.7 Å². The molecule has 0 aromatic heterocycles. The van der Waals surface area contributed by atoms with Gasteiger partial charge in [0.2, 0.25) is 0 Å². The summed E-state index contributed by atoms with van der Waals surface area (Å²) in [6, 6.07) is 0.371. The number of hydrogen-bond donors (Lipinski definition) is 2. The minimum absolute atomic E-state index is 0.0125. The van der Waals surface area contributed by atoms with E-state index in [-0.39, 0.29) is 6.03 Å². The first kappa shape index (κ1) is 14.2. The van der Waals surface area contributed by atoms with Gasteiger partial charge in [0.05, 0.1) is 0 Å². The summed E-state index contributed by atoms with van der Waals surface area (Å²) in [5.74, 6) is 0.609. The first-order chi connectivity index (χ1) is 7.25. The number of likely N-dealkylation sites (tertiary alicyclic amines) is 1. The highest BCUT2D eigenvalue weighted by molar-refractivity contribution is 5.75. The molecule has 2 rings (SSSR count). The first-order valence-corrected chi connectivity index (χ1v) is 5.98. The molecule has 2 fully saturated rings. The van der Waals surface area contributed by atoms with Gasteiger partial charge in [-0.3, -0.25) is 0 Å². The number of fused-ring (bicyclic) bond motifs is 1. The molecule has 0 radical (unpaired) electrons. The van der Waals surface area contributed by atoms with Crippen LogP contribution in [0, 0.1) is 5.92 Å². The highest BCUT2D eigenvalue weighted by Crippen LogP contribution is 2.16. The maximum atomic E-state index is 10.9. The first-order valence-electron chi connectivity index (χ1n) is 5.98. The van der Waals surface area contributed by atoms with Crippen molar-refractivity contribution in [3.8, 4) is 0 Å². The molecule has 2 heterocycles. The Kier molecular flexibility index (Phi) is 7.13. The van der Waals surface area contributed by atoms with Crippen molar-refractivity contribution >= 4 is 6.03 Å². The van der Waals surface area contributed by atoms with Crippen LogP contribution in [0.15, 0.2) is 0 Å². The Morgan fingerprint density at radius 2 is 1.80 bits per heavy atom. The number of nitrogens with one attached hydrogen (secondary N) is 2. The Hall–Kier alpha value is -0.770. The van der Waals surface area contributed by atoms with Gasteiger partial charge in [0, 0.05) is 31.6 Å². The maximum Gasteiger partial charge on any atom is 0.315 e. The van der Waals surface area contributed by atoms with Crippen LogP contribution in [-0.2, 0) is 0 Å². The van der Waals surface area contributed by atoms with Crippen molar-refractivity contribution in [3.05, 3.63) is 0 Å². The zero-order chi connectivity index (χ0) is 11.8. The van der Waals surface area contributed by atoms with Gasteiger partial charge >= 0.3 is 6.03 Å². The van der Waals surface area contributed by atoms with E-state index in [0.717, 1.165) is 19.6 Å². The normalized spacial score (nSPS) is 28.5. The number of nitrogens with zero attached hydrogens (tertiary/aromatic N) is 1. The average molecular weight is 215 g/mol. The van der Waals surface area contributed by atoms with Crippen LogP contribution in [-0.4, -0.2) is 43.7 Å². The number of likely N-dealkylation sites (N-methyl/N-ethyl adjacent to an activating group) is 1. The summed E-state index contributed by atoms with van der Waals surface area (Å²) in [6.07, 6.45) is 0. The molecule has 0 spiro atoms. The molecule has 2 unspecified atom stereocenters. The third-order valence-corrected chi connectivity index (χ3v) is 2.46. The van der Waals surface area contributed by atoms with Crippen LogP contribution < -0.4 is 10.6 Å². The fourth-order valence-corrected chi connectivity index (χ4v) is 1.90. The second kappa shape index (κ2) is 7.51. The molecule has 90 valence electrons. The summed E-state index contributed by atoms with van der Waals surface area (Å²) >= 11 is 0. The standard InChI is InChI=1S/C7H13N3O.2C2H6/c1-10-3-5-2-8-7(11)9-6(5)4-10;2*1-2/h5-6H,2-4H2,1H3,(H2,8,9,11);2*1-2H3. The van der Waals surface area contributed by atoms with Crippen molar-refractivity contribution in [2.24, 2.45) is 5.92 Å². The van der Waals surface area contributed by atoms with Crippen LogP contribution >= 0.6 is 0 Å². The third-order valence-electron chi connectivity index (χ3n) is 2.46. The zero-order valence-corrected chi connectivity index (χ0v) is 10.6. The molecule has 0 aromatic carbocycles. The molecule has 2 amide bonds. The lowest BCUT2D eigenvalue weighted by Crippen LogP contribution is -2.54. The highest BCUT2D eigenvalue weighted by Gasteiger charge is 2.34. The fourth-order valence-electron chi connectivity index (χ4n) is 1.90. The zero-order valence-electron chi connectivity index (χ0n) is 10.6. The predicted octanol–water partition coefficient (Wildman–Crippen LogP) is 1.28. The summed E-state index contributed by atoms with van der Waals surface area (Å²) in [5, 5.41) is 5.71. The largest absolute Gasteiger partial charge is 0.338 e. The molecule has 2 saturated heterocycles. The van der Waals surface area contributed by atoms with Gasteiger partial charge in [0.25, 0.3) is 0 Å². The van der Waals surface area contributed by atoms with Crippen molar-refractivity contribution in [2.45, 2.75) is 33.7 Å². The van der Waals surface area contributed by atoms with Gasteiger partial charge in [-0.15, -0.1) is 0 Å². The fraction of sp³-hybridized carbons (Fsp3) is 0.909. The minimum atomic E-state index is -0.0125. The third kappa shape index (κ3) is 4.08. The Morgan fingerprint density at radius 1 is 1.20 bits per heavy atom. The van der Waals surface area contributed by atoms with Gasteiger partial charge in [-0.25, -0.2) is 4.79 Å². The van der Waals surface area contributed by atoms with Gasteiger partial charge in [-0.1, -0.05) is 27.7 Å². The molecule has 2 N–H and O–H groups in total. The summed E-state index contributed by atoms with van der Waals surface area (Å²) < 4.78 is 0. The van der Waals surface area contributed by atoms with E-state index >= 15 is 0 Å². The van der Waals surface area contributed by atoms with Gasteiger partial charge in [0.1, 0.15) is 0 Å². The number of amides is 2. The number of urea groups is 1. The molecule has 15 heavy (non-hydrogen) atoms. The van der Waals surface area contributed by atoms with E-state index in [1.54, 1.807) is 0 Å². The van der Waals surface area contributed by atoms with E-state index in [1.165, 1.54) is 0 Å². The summed E-state index contributed by atoms with van der Waals surface area (Å²) in [5.41, 5.74) is 0. The van der Waals surface area contributed by atoms with E-state index < -0.39 is 0 Å². The molecule has 0 saturated carbocycles. The van der Waals surface area contributed by atoms with Crippen LogP contribution in [0.4, 0.5) is 4.79 Å². The van der Waals surface area contributed by atoms with Crippen LogP contribution in [0.3, 0.4) is 0 Å². The molecule has 2 aliphatic rings. The number of rotatable bonds is 0. The second-order valence-corrected chi connectivity index (χ2v) is 3.44. The smallest absolute Gasteiger partial charge is 0.315 e. The molecule has 2 aliphatic heterocycles. The van der Waals surface area contributed by atoms with Gasteiger partial charge in [0.15, 0.2) is 0 Å². The molecule has 0 bridgehead atoms. The van der Waals surface area contributed by atoms with Crippen LogP contribution in [0.2, 0.25) is 0 Å². The maximum absolute atomic E-state index is 10.9. The van der Waals surface area contributed by atoms with Gasteiger partial charge < -0.3 is 15.5 Å². The molecule has 0 aromatic rings. The number of carbonyl (C=O) groups is 1. The second-order valence-electron chi connectivity index (χ2n) is 3.44. The Bertz CT molecular complexity index is 185. The molecule has 0 aliphatic carbocycles. The Labute approximate surface area is 93.4 Å². The van der Waals surface area contributed by atoms with E-state index in [0.29, 0.717) is 12.0 Å². The Balaban J connectivity index is 0.000000442. The number of hydrogen-bond acceptors (Lipinski definition) is 2. The quantitative estimate of drug-likeness (QED) is 0.639.